The van der Waals surface area contributed by atoms with E-state index in [-0.39, 0.29) is 6.61 Å². The maximum Gasteiger partial charge on any atom is 0.349 e. The van der Waals surface area contributed by atoms with Crippen LogP contribution in [0.2, 0.25) is 0 Å². The first-order valence-electron chi connectivity index (χ1n) is 10.0. The summed E-state index contributed by atoms with van der Waals surface area (Å²) < 4.78 is 16.8. The van der Waals surface area contributed by atoms with Crippen molar-refractivity contribution in [1.29, 1.82) is 0 Å². The van der Waals surface area contributed by atoms with Gasteiger partial charge in [0.25, 0.3) is 0 Å². The van der Waals surface area contributed by atoms with Gasteiger partial charge in [-0.2, -0.15) is 0 Å². The van der Waals surface area contributed by atoms with Crippen molar-refractivity contribution in [2.24, 2.45) is 0 Å². The summed E-state index contributed by atoms with van der Waals surface area (Å²) in [5, 5.41) is 0. The first kappa shape index (κ1) is 22.6. The van der Waals surface area contributed by atoms with Crippen molar-refractivity contribution < 1.29 is 23.8 Å². The van der Waals surface area contributed by atoms with Crippen molar-refractivity contribution in [3.63, 3.8) is 0 Å². The zero-order valence-corrected chi connectivity index (χ0v) is 18.8. The second kappa shape index (κ2) is 11.3. The molecule has 3 aromatic carbocycles. The Morgan fingerprint density at radius 3 is 2.32 bits per heavy atom. The highest BCUT2D eigenvalue weighted by Gasteiger charge is 2.11. The largest absolute Gasteiger partial charge is 0.481 e. The van der Waals surface area contributed by atoms with E-state index in [0.717, 1.165) is 28.4 Å². The van der Waals surface area contributed by atoms with Crippen molar-refractivity contribution in [1.82, 2.24) is 0 Å². The van der Waals surface area contributed by atoms with Crippen LogP contribution in [0.5, 0.6) is 11.5 Å². The second-order valence-electron chi connectivity index (χ2n) is 6.79. The SMILES string of the molecule is CCCCOC(=O)c1ccc(OC(=O)COc2ccc(-c3ccccc3)cc2Br)cc1. The van der Waals surface area contributed by atoms with Gasteiger partial charge in [-0.05, 0) is 69.9 Å². The number of ether oxygens (including phenoxy) is 3. The molecule has 0 amide bonds. The standard InChI is InChI=1S/C25H23BrO5/c1-2-3-15-29-25(28)19-9-12-21(13-10-19)31-24(27)17-30-23-14-11-20(16-22(23)26)18-7-5-4-6-8-18/h4-14,16H,2-3,15,17H2,1H3. The average Bonchev–Trinajstić information content (AvgIpc) is 2.79. The number of hydrogen-bond donors (Lipinski definition) is 0. The maximum atomic E-state index is 12.1. The Hall–Kier alpha value is -3.12. The van der Waals surface area contributed by atoms with Crippen LogP contribution in [0, 0.1) is 0 Å². The molecule has 3 rings (SSSR count). The minimum atomic E-state index is -0.544. The molecule has 0 aliphatic heterocycles. The first-order chi connectivity index (χ1) is 15.1. The Bertz CT molecular complexity index is 1020. The minimum Gasteiger partial charge on any atom is -0.481 e. The molecule has 3 aromatic rings. The molecule has 0 fully saturated rings. The monoisotopic (exact) mass is 482 g/mol. The van der Waals surface area contributed by atoms with Gasteiger partial charge in [0.1, 0.15) is 11.5 Å². The average molecular weight is 483 g/mol. The van der Waals surface area contributed by atoms with Gasteiger partial charge in [0.2, 0.25) is 0 Å². The Kier molecular flexibility index (Phi) is 8.24. The van der Waals surface area contributed by atoms with Crippen LogP contribution in [0.3, 0.4) is 0 Å². The highest BCUT2D eigenvalue weighted by atomic mass is 79.9. The molecule has 0 saturated carbocycles. The number of halogens is 1. The van der Waals surface area contributed by atoms with Gasteiger partial charge in [0.15, 0.2) is 6.61 Å². The number of hydrogen-bond acceptors (Lipinski definition) is 5. The molecule has 0 heterocycles. The third kappa shape index (κ3) is 6.69. The summed E-state index contributed by atoms with van der Waals surface area (Å²) in [7, 11) is 0. The Morgan fingerprint density at radius 1 is 0.903 bits per heavy atom. The fraction of sp³-hybridized carbons (Fsp3) is 0.200. The fourth-order valence-corrected chi connectivity index (χ4v) is 3.27. The summed E-state index contributed by atoms with van der Waals surface area (Å²) in [6.45, 7) is 2.18. The van der Waals surface area contributed by atoms with Crippen molar-refractivity contribution in [3.8, 4) is 22.6 Å². The highest BCUT2D eigenvalue weighted by molar-refractivity contribution is 9.10. The molecule has 0 aliphatic rings. The lowest BCUT2D eigenvalue weighted by Gasteiger charge is -2.10. The summed E-state index contributed by atoms with van der Waals surface area (Å²) in [6.07, 6.45) is 1.78. The normalized spacial score (nSPS) is 10.4. The van der Waals surface area contributed by atoms with E-state index in [1.807, 2.05) is 49.4 Å². The van der Waals surface area contributed by atoms with Gasteiger partial charge in [-0.15, -0.1) is 0 Å². The summed E-state index contributed by atoms with van der Waals surface area (Å²) in [5.41, 5.74) is 2.54. The number of esters is 2. The Balaban J connectivity index is 1.51. The molecule has 0 radical (unpaired) electrons. The topological polar surface area (TPSA) is 61.8 Å². The summed E-state index contributed by atoms with van der Waals surface area (Å²) >= 11 is 3.48. The summed E-state index contributed by atoms with van der Waals surface area (Å²) in [5.74, 6) is -0.0604. The zero-order chi connectivity index (χ0) is 22.1. The van der Waals surface area contributed by atoms with Crippen LogP contribution in [0.25, 0.3) is 11.1 Å². The first-order valence-corrected chi connectivity index (χ1v) is 10.8. The van der Waals surface area contributed by atoms with Gasteiger partial charge in [-0.1, -0.05) is 49.7 Å². The van der Waals surface area contributed by atoms with Crippen molar-refractivity contribution in [3.05, 3.63) is 82.8 Å². The quantitative estimate of drug-likeness (QED) is 0.211. The molecule has 0 saturated heterocycles. The van der Waals surface area contributed by atoms with Gasteiger partial charge < -0.3 is 14.2 Å². The van der Waals surface area contributed by atoms with Crippen molar-refractivity contribution >= 4 is 27.9 Å². The van der Waals surface area contributed by atoms with E-state index in [1.54, 1.807) is 30.3 Å². The van der Waals surface area contributed by atoms with Gasteiger partial charge >= 0.3 is 11.9 Å². The third-order valence-electron chi connectivity index (χ3n) is 4.44. The summed E-state index contributed by atoms with van der Waals surface area (Å²) in [6, 6.07) is 21.9. The van der Waals surface area contributed by atoms with E-state index in [9.17, 15) is 9.59 Å². The van der Waals surface area contributed by atoms with E-state index in [0.29, 0.717) is 23.7 Å². The minimum absolute atomic E-state index is 0.246. The smallest absolute Gasteiger partial charge is 0.349 e. The van der Waals surface area contributed by atoms with Crippen LogP contribution < -0.4 is 9.47 Å². The molecule has 0 bridgehead atoms. The van der Waals surface area contributed by atoms with E-state index in [4.69, 9.17) is 14.2 Å². The van der Waals surface area contributed by atoms with Gasteiger partial charge in [-0.3, -0.25) is 0 Å². The summed E-state index contributed by atoms with van der Waals surface area (Å²) in [4.78, 5) is 24.0. The van der Waals surface area contributed by atoms with Crippen molar-refractivity contribution in [2.75, 3.05) is 13.2 Å². The van der Waals surface area contributed by atoms with Crippen LogP contribution in [-0.4, -0.2) is 25.2 Å². The van der Waals surface area contributed by atoms with Gasteiger partial charge in [0.05, 0.1) is 16.6 Å². The molecule has 160 valence electrons. The molecular formula is C25H23BrO5. The highest BCUT2D eigenvalue weighted by Crippen LogP contribution is 2.30. The lowest BCUT2D eigenvalue weighted by atomic mass is 10.1. The molecule has 0 N–H and O–H groups in total. The van der Waals surface area contributed by atoms with Crippen molar-refractivity contribution in [2.45, 2.75) is 19.8 Å². The maximum absolute atomic E-state index is 12.1. The molecule has 6 heteroatoms. The van der Waals surface area contributed by atoms with Crippen LogP contribution in [-0.2, 0) is 9.53 Å². The molecule has 0 atom stereocenters. The van der Waals surface area contributed by atoms with E-state index in [2.05, 4.69) is 15.9 Å². The number of unbranched alkanes of at least 4 members (excludes halogenated alkanes) is 1. The molecule has 31 heavy (non-hydrogen) atoms. The Morgan fingerprint density at radius 2 is 1.65 bits per heavy atom. The van der Waals surface area contributed by atoms with Gasteiger partial charge in [-0.25, -0.2) is 9.59 Å². The number of rotatable bonds is 9. The van der Waals surface area contributed by atoms with E-state index >= 15 is 0 Å². The lowest BCUT2D eigenvalue weighted by Crippen LogP contribution is -2.18. The van der Waals surface area contributed by atoms with Crippen LogP contribution in [0.4, 0.5) is 0 Å². The third-order valence-corrected chi connectivity index (χ3v) is 5.06. The predicted octanol–water partition coefficient (Wildman–Crippen LogP) is 6.06. The van der Waals surface area contributed by atoms with E-state index in [1.165, 1.54) is 0 Å². The molecule has 0 unspecified atom stereocenters. The molecule has 0 aliphatic carbocycles. The van der Waals surface area contributed by atoms with Crippen LogP contribution >= 0.6 is 15.9 Å². The predicted molar refractivity (Wildman–Crippen MR) is 122 cm³/mol. The number of benzene rings is 3. The molecule has 0 aromatic heterocycles. The van der Waals surface area contributed by atoms with Crippen LogP contribution in [0.15, 0.2) is 77.3 Å². The van der Waals surface area contributed by atoms with Crippen LogP contribution in [0.1, 0.15) is 30.1 Å². The fourth-order valence-electron chi connectivity index (χ4n) is 2.78. The second-order valence-corrected chi connectivity index (χ2v) is 7.64. The molecule has 5 nitrogen and oxygen atoms in total. The molecule has 0 spiro atoms. The number of carbonyl (C=O) groups is 2. The Labute approximate surface area is 190 Å². The zero-order valence-electron chi connectivity index (χ0n) is 17.2. The lowest BCUT2D eigenvalue weighted by molar-refractivity contribution is -0.136. The van der Waals surface area contributed by atoms with E-state index < -0.39 is 11.9 Å². The van der Waals surface area contributed by atoms with Gasteiger partial charge in [0, 0.05) is 0 Å². The number of carbonyl (C=O) groups excluding carboxylic acids is 2. The molecular weight excluding hydrogens is 460 g/mol.